The van der Waals surface area contributed by atoms with Gasteiger partial charge in [0.05, 0.1) is 6.10 Å². The van der Waals surface area contributed by atoms with Crippen molar-refractivity contribution >= 4 is 0 Å². The molecule has 4 aliphatic rings. The molecule has 2 nitrogen and oxygen atoms in total. The first kappa shape index (κ1) is 20.7. The second-order valence-electron chi connectivity index (χ2n) is 11.6. The van der Waals surface area contributed by atoms with Crippen LogP contribution in [0.3, 0.4) is 0 Å². The van der Waals surface area contributed by atoms with E-state index in [2.05, 4.69) is 53.7 Å². The average molecular weight is 387 g/mol. The number of ether oxygens (including phenoxy) is 2. The lowest BCUT2D eigenvalue weighted by Gasteiger charge is -2.35. The first-order valence-electron chi connectivity index (χ1n) is 11.9. The van der Waals surface area contributed by atoms with E-state index in [-0.39, 0.29) is 12.4 Å². The van der Waals surface area contributed by atoms with E-state index in [1.54, 1.807) is 11.1 Å². The van der Waals surface area contributed by atoms with E-state index in [0.717, 1.165) is 30.8 Å². The van der Waals surface area contributed by atoms with Crippen molar-refractivity contribution in [1.29, 1.82) is 0 Å². The molecule has 28 heavy (non-hydrogen) atoms. The summed E-state index contributed by atoms with van der Waals surface area (Å²) in [5, 5.41) is 0. The Balaban J connectivity index is 1.30. The van der Waals surface area contributed by atoms with Gasteiger partial charge in [0.25, 0.3) is 0 Å². The van der Waals surface area contributed by atoms with Crippen LogP contribution in [0.15, 0.2) is 23.3 Å². The van der Waals surface area contributed by atoms with E-state index in [1.165, 1.54) is 38.5 Å². The van der Waals surface area contributed by atoms with Gasteiger partial charge >= 0.3 is 0 Å². The number of allylic oxidation sites excluding steroid dienone is 2. The van der Waals surface area contributed by atoms with E-state index in [4.69, 9.17) is 9.47 Å². The maximum atomic E-state index is 6.30. The van der Waals surface area contributed by atoms with Gasteiger partial charge < -0.3 is 9.47 Å². The van der Waals surface area contributed by atoms with Crippen LogP contribution in [0.5, 0.6) is 0 Å². The summed E-state index contributed by atoms with van der Waals surface area (Å²) in [5.41, 5.74) is 4.13. The molecule has 0 aromatic carbocycles. The van der Waals surface area contributed by atoms with Crippen LogP contribution in [-0.2, 0) is 9.47 Å². The Morgan fingerprint density at radius 2 is 1.86 bits per heavy atom. The van der Waals surface area contributed by atoms with Gasteiger partial charge in [-0.15, -0.1) is 0 Å². The van der Waals surface area contributed by atoms with Crippen LogP contribution in [0.25, 0.3) is 0 Å². The fraction of sp³-hybridized carbons (Fsp3) is 0.846. The summed E-state index contributed by atoms with van der Waals surface area (Å²) in [6.07, 6.45) is 14.1. The molecule has 2 saturated carbocycles. The Morgan fingerprint density at radius 3 is 2.54 bits per heavy atom. The molecule has 0 saturated heterocycles. The smallest absolute Gasteiger partial charge is 0.155 e. The zero-order chi connectivity index (χ0) is 20.1. The van der Waals surface area contributed by atoms with Gasteiger partial charge in [-0.2, -0.15) is 0 Å². The quantitative estimate of drug-likeness (QED) is 0.462. The molecule has 0 radical (unpaired) electrons. The second-order valence-corrected chi connectivity index (χ2v) is 11.6. The molecule has 2 fully saturated rings. The highest BCUT2D eigenvalue weighted by atomic mass is 16.7. The average Bonchev–Trinajstić information content (AvgIpc) is 2.98. The lowest BCUT2D eigenvalue weighted by atomic mass is 9.71. The summed E-state index contributed by atoms with van der Waals surface area (Å²) < 4.78 is 12.3. The van der Waals surface area contributed by atoms with Crippen LogP contribution in [0, 0.1) is 34.5 Å². The van der Waals surface area contributed by atoms with E-state index in [9.17, 15) is 0 Å². The number of fused-ring (bicyclic) bond motifs is 2. The number of hydrogen-bond donors (Lipinski definition) is 0. The lowest BCUT2D eigenvalue weighted by molar-refractivity contribution is -0.151. The van der Waals surface area contributed by atoms with Gasteiger partial charge in [0.2, 0.25) is 0 Å². The Kier molecular flexibility index (Phi) is 5.59. The zero-order valence-corrected chi connectivity index (χ0v) is 19.1. The molecular formula is C26H42O2. The fourth-order valence-corrected chi connectivity index (χ4v) is 6.75. The van der Waals surface area contributed by atoms with Crippen molar-refractivity contribution in [3.05, 3.63) is 23.3 Å². The van der Waals surface area contributed by atoms with Crippen LogP contribution in [0.1, 0.15) is 86.5 Å². The standard InChI is InChI=1S/C26H42O2/c1-17(27-15-14-18-10-8-7-9-11-18)28-19-12-13-20-21(16-19)23-24(26(23,5)6)22(20)25(2,3)4/h12-13,17-19,22-24H,7-11,14-16H2,1-6H3. The summed E-state index contributed by atoms with van der Waals surface area (Å²) in [6.45, 7) is 15.1. The van der Waals surface area contributed by atoms with Crippen molar-refractivity contribution in [3.63, 3.8) is 0 Å². The SMILES string of the molecule is CC(OCCC1CCCCC1)OC1C=CC2=C(C1)C1C(C2C(C)(C)C)C1(C)C. The van der Waals surface area contributed by atoms with Crippen molar-refractivity contribution in [2.45, 2.75) is 98.9 Å². The predicted octanol–water partition coefficient (Wildman–Crippen LogP) is 6.91. The van der Waals surface area contributed by atoms with Crippen LogP contribution < -0.4 is 0 Å². The molecule has 158 valence electrons. The molecule has 0 N–H and O–H groups in total. The molecule has 0 heterocycles. The van der Waals surface area contributed by atoms with Gasteiger partial charge in [0.1, 0.15) is 0 Å². The van der Waals surface area contributed by atoms with Gasteiger partial charge in [-0.05, 0) is 59.8 Å². The highest BCUT2D eigenvalue weighted by molar-refractivity contribution is 5.48. The van der Waals surface area contributed by atoms with Crippen LogP contribution >= 0.6 is 0 Å². The van der Waals surface area contributed by atoms with Gasteiger partial charge in [-0.1, -0.05) is 84.4 Å². The molecular weight excluding hydrogens is 344 g/mol. The number of hydrogen-bond acceptors (Lipinski definition) is 2. The highest BCUT2D eigenvalue weighted by Crippen LogP contribution is 2.74. The minimum absolute atomic E-state index is 0.108. The maximum absolute atomic E-state index is 6.30. The Morgan fingerprint density at radius 1 is 1.14 bits per heavy atom. The molecule has 0 aliphatic heterocycles. The summed E-state index contributed by atoms with van der Waals surface area (Å²) in [4.78, 5) is 0. The zero-order valence-electron chi connectivity index (χ0n) is 19.1. The first-order valence-corrected chi connectivity index (χ1v) is 11.9. The monoisotopic (exact) mass is 386 g/mol. The largest absolute Gasteiger partial charge is 0.353 e. The molecule has 0 amide bonds. The molecule has 0 bridgehead atoms. The van der Waals surface area contributed by atoms with Crippen molar-refractivity contribution in [2.75, 3.05) is 6.61 Å². The van der Waals surface area contributed by atoms with Crippen molar-refractivity contribution in [2.24, 2.45) is 34.5 Å². The molecule has 4 rings (SSSR count). The van der Waals surface area contributed by atoms with Crippen LogP contribution in [0.2, 0.25) is 0 Å². The summed E-state index contributed by atoms with van der Waals surface area (Å²) in [7, 11) is 0. The Bertz CT molecular complexity index is 629. The third-order valence-electron chi connectivity index (χ3n) is 8.17. The third kappa shape index (κ3) is 3.88. The van der Waals surface area contributed by atoms with Gasteiger partial charge in [0, 0.05) is 6.61 Å². The summed E-state index contributed by atoms with van der Waals surface area (Å²) >= 11 is 0. The van der Waals surface area contributed by atoms with E-state index >= 15 is 0 Å². The summed E-state index contributed by atoms with van der Waals surface area (Å²) in [5.74, 6) is 3.17. The van der Waals surface area contributed by atoms with E-state index < -0.39 is 0 Å². The summed E-state index contributed by atoms with van der Waals surface area (Å²) in [6, 6.07) is 0. The minimum Gasteiger partial charge on any atom is -0.353 e. The van der Waals surface area contributed by atoms with Gasteiger partial charge in [-0.3, -0.25) is 0 Å². The number of rotatable bonds is 6. The highest BCUT2D eigenvalue weighted by Gasteiger charge is 2.68. The first-order chi connectivity index (χ1) is 13.2. The fourth-order valence-electron chi connectivity index (χ4n) is 6.75. The predicted molar refractivity (Wildman–Crippen MR) is 116 cm³/mol. The van der Waals surface area contributed by atoms with Gasteiger partial charge in [-0.25, -0.2) is 0 Å². The maximum Gasteiger partial charge on any atom is 0.155 e. The molecule has 0 aromatic rings. The second kappa shape index (κ2) is 7.58. The van der Waals surface area contributed by atoms with Crippen molar-refractivity contribution < 1.29 is 9.47 Å². The molecule has 0 aromatic heterocycles. The Hall–Kier alpha value is -0.600. The molecule has 0 spiro atoms. The van der Waals surface area contributed by atoms with Crippen LogP contribution in [0.4, 0.5) is 0 Å². The Labute approximate surface area is 173 Å². The van der Waals surface area contributed by atoms with E-state index in [1.807, 2.05) is 0 Å². The molecule has 2 heteroatoms. The van der Waals surface area contributed by atoms with Crippen molar-refractivity contribution in [3.8, 4) is 0 Å². The van der Waals surface area contributed by atoms with Gasteiger partial charge in [0.15, 0.2) is 6.29 Å². The normalized spacial score (nSPS) is 35.6. The molecule has 5 unspecified atom stereocenters. The van der Waals surface area contributed by atoms with Crippen LogP contribution in [-0.4, -0.2) is 19.0 Å². The topological polar surface area (TPSA) is 18.5 Å². The minimum atomic E-state index is -0.108. The molecule has 4 aliphatic carbocycles. The van der Waals surface area contributed by atoms with E-state index in [0.29, 0.717) is 16.7 Å². The van der Waals surface area contributed by atoms with Crippen molar-refractivity contribution in [1.82, 2.24) is 0 Å². The third-order valence-corrected chi connectivity index (χ3v) is 8.17. The lowest BCUT2D eigenvalue weighted by Crippen LogP contribution is -2.28. The molecule has 5 atom stereocenters.